The molecular formula is C14H25NO4. The van der Waals surface area contributed by atoms with Crippen LogP contribution in [0.3, 0.4) is 0 Å². The van der Waals surface area contributed by atoms with E-state index in [1.54, 1.807) is 5.06 Å². The van der Waals surface area contributed by atoms with Crippen LogP contribution in [0.15, 0.2) is 0 Å². The highest BCUT2D eigenvalue weighted by Gasteiger charge is 2.67. The smallest absolute Gasteiger partial charge is 0.329 e. The molecule has 0 aromatic heterocycles. The van der Waals surface area contributed by atoms with Crippen LogP contribution in [0.5, 0.6) is 0 Å². The van der Waals surface area contributed by atoms with Crippen molar-refractivity contribution in [1.82, 2.24) is 5.06 Å². The standard InChI is InChI=1S/C14H25NO4/c1-5-7-8-18-11-9-14(12(16)17-6-2)10-13(3,4)19-15(11)14/h11H,5-10H2,1-4H3. The van der Waals surface area contributed by atoms with Crippen molar-refractivity contribution in [3.05, 3.63) is 0 Å². The van der Waals surface area contributed by atoms with Crippen LogP contribution < -0.4 is 0 Å². The number of hydroxylamine groups is 2. The Labute approximate surface area is 115 Å². The van der Waals surface area contributed by atoms with Gasteiger partial charge in [0, 0.05) is 19.4 Å². The van der Waals surface area contributed by atoms with Crippen molar-refractivity contribution in [3.8, 4) is 0 Å². The van der Waals surface area contributed by atoms with Gasteiger partial charge < -0.3 is 9.47 Å². The van der Waals surface area contributed by atoms with E-state index in [1.807, 2.05) is 20.8 Å². The summed E-state index contributed by atoms with van der Waals surface area (Å²) in [6, 6.07) is 0. The zero-order chi connectivity index (χ0) is 14.1. The summed E-state index contributed by atoms with van der Waals surface area (Å²) in [5.41, 5.74) is -0.966. The van der Waals surface area contributed by atoms with Gasteiger partial charge in [0.2, 0.25) is 0 Å². The molecule has 0 radical (unpaired) electrons. The molecule has 0 aromatic rings. The third kappa shape index (κ3) is 2.64. The Kier molecular flexibility index (Phi) is 4.18. The minimum Gasteiger partial charge on any atom is -0.465 e. The molecule has 5 heteroatoms. The summed E-state index contributed by atoms with van der Waals surface area (Å²) < 4.78 is 11.0. The van der Waals surface area contributed by atoms with E-state index in [4.69, 9.17) is 14.3 Å². The molecule has 2 atom stereocenters. The maximum Gasteiger partial charge on any atom is 0.329 e. The highest BCUT2D eigenvalue weighted by Crippen LogP contribution is 2.51. The van der Waals surface area contributed by atoms with Crippen LogP contribution in [-0.4, -0.2) is 41.6 Å². The summed E-state index contributed by atoms with van der Waals surface area (Å²) >= 11 is 0. The Bertz CT molecular complexity index is 344. The second kappa shape index (κ2) is 5.38. The highest BCUT2D eigenvalue weighted by atomic mass is 16.7. The van der Waals surface area contributed by atoms with Crippen molar-refractivity contribution < 1.29 is 19.1 Å². The van der Waals surface area contributed by atoms with Gasteiger partial charge in [-0.25, -0.2) is 4.79 Å². The van der Waals surface area contributed by atoms with E-state index < -0.39 is 5.54 Å². The van der Waals surface area contributed by atoms with Gasteiger partial charge in [0.25, 0.3) is 0 Å². The second-order valence-corrected chi connectivity index (χ2v) is 5.99. The summed E-state index contributed by atoms with van der Waals surface area (Å²) in [5, 5.41) is 1.72. The number of rotatable bonds is 6. The van der Waals surface area contributed by atoms with Crippen molar-refractivity contribution >= 4 is 5.97 Å². The monoisotopic (exact) mass is 271 g/mol. The Hall–Kier alpha value is -0.650. The molecule has 0 saturated carbocycles. The molecule has 2 saturated heterocycles. The molecule has 5 nitrogen and oxygen atoms in total. The number of fused-ring (bicyclic) bond motifs is 1. The van der Waals surface area contributed by atoms with Gasteiger partial charge in [0.05, 0.1) is 12.2 Å². The predicted molar refractivity (Wildman–Crippen MR) is 70.2 cm³/mol. The number of esters is 1. The number of carbonyl (C=O) groups excluding carboxylic acids is 1. The highest BCUT2D eigenvalue weighted by molar-refractivity contribution is 5.82. The Morgan fingerprint density at radius 2 is 2.16 bits per heavy atom. The largest absolute Gasteiger partial charge is 0.465 e. The van der Waals surface area contributed by atoms with Crippen LogP contribution in [0, 0.1) is 0 Å². The molecule has 2 unspecified atom stereocenters. The van der Waals surface area contributed by atoms with Gasteiger partial charge in [-0.15, -0.1) is 5.06 Å². The summed E-state index contributed by atoms with van der Waals surface area (Å²) in [4.78, 5) is 18.1. The molecule has 2 rings (SSSR count). The van der Waals surface area contributed by atoms with Crippen LogP contribution in [0.1, 0.15) is 53.4 Å². The molecule has 0 amide bonds. The molecule has 0 aliphatic carbocycles. The fourth-order valence-electron chi connectivity index (χ4n) is 2.93. The number of carbonyl (C=O) groups is 1. The number of hydrogen-bond donors (Lipinski definition) is 0. The molecule has 0 aromatic carbocycles. The summed E-state index contributed by atoms with van der Waals surface area (Å²) in [7, 11) is 0. The molecule has 2 aliphatic rings. The first-order chi connectivity index (χ1) is 8.95. The summed E-state index contributed by atoms with van der Waals surface area (Å²) in [6.07, 6.45) is 3.34. The Balaban J connectivity index is 2.01. The summed E-state index contributed by atoms with van der Waals surface area (Å²) in [5.74, 6) is -0.184. The third-order valence-corrected chi connectivity index (χ3v) is 3.72. The molecule has 2 aliphatic heterocycles. The van der Waals surface area contributed by atoms with Crippen molar-refractivity contribution in [2.75, 3.05) is 13.2 Å². The normalized spacial score (nSPS) is 32.7. The fourth-order valence-corrected chi connectivity index (χ4v) is 2.93. The van der Waals surface area contributed by atoms with Crippen LogP contribution >= 0.6 is 0 Å². The van der Waals surface area contributed by atoms with Gasteiger partial charge >= 0.3 is 5.97 Å². The van der Waals surface area contributed by atoms with Crippen molar-refractivity contribution in [1.29, 1.82) is 0 Å². The molecular weight excluding hydrogens is 246 g/mol. The van der Waals surface area contributed by atoms with Gasteiger partial charge in [-0.3, -0.25) is 4.84 Å². The molecule has 2 fully saturated rings. The van der Waals surface area contributed by atoms with E-state index in [2.05, 4.69) is 6.92 Å². The minimum absolute atomic E-state index is 0.113. The maximum atomic E-state index is 12.2. The Morgan fingerprint density at radius 1 is 1.42 bits per heavy atom. The van der Waals surface area contributed by atoms with E-state index in [1.165, 1.54) is 0 Å². The maximum absolute atomic E-state index is 12.2. The zero-order valence-corrected chi connectivity index (χ0v) is 12.4. The van der Waals surface area contributed by atoms with Crippen LogP contribution in [-0.2, 0) is 19.1 Å². The zero-order valence-electron chi connectivity index (χ0n) is 12.4. The van der Waals surface area contributed by atoms with Gasteiger partial charge in [0.15, 0.2) is 5.54 Å². The van der Waals surface area contributed by atoms with E-state index >= 15 is 0 Å². The molecule has 0 spiro atoms. The lowest BCUT2D eigenvalue weighted by Crippen LogP contribution is -2.67. The lowest BCUT2D eigenvalue weighted by atomic mass is 9.79. The third-order valence-electron chi connectivity index (χ3n) is 3.72. The lowest BCUT2D eigenvalue weighted by molar-refractivity contribution is -0.342. The number of unbranched alkanes of at least 4 members (excludes halogenated alkanes) is 1. The lowest BCUT2D eigenvalue weighted by Gasteiger charge is -2.49. The van der Waals surface area contributed by atoms with Crippen LogP contribution in [0.4, 0.5) is 0 Å². The fraction of sp³-hybridized carbons (Fsp3) is 0.929. The molecule has 19 heavy (non-hydrogen) atoms. The average Bonchev–Trinajstić information content (AvgIpc) is 2.55. The topological polar surface area (TPSA) is 48.0 Å². The predicted octanol–water partition coefficient (Wildman–Crippen LogP) is 2.25. The molecule has 2 heterocycles. The second-order valence-electron chi connectivity index (χ2n) is 5.99. The van der Waals surface area contributed by atoms with Crippen LogP contribution in [0.2, 0.25) is 0 Å². The van der Waals surface area contributed by atoms with Gasteiger partial charge in [0.1, 0.15) is 6.23 Å². The molecule has 0 bridgehead atoms. The van der Waals surface area contributed by atoms with E-state index in [0.29, 0.717) is 26.1 Å². The first-order valence-corrected chi connectivity index (χ1v) is 7.22. The van der Waals surface area contributed by atoms with Crippen LogP contribution in [0.25, 0.3) is 0 Å². The van der Waals surface area contributed by atoms with Crippen molar-refractivity contribution in [3.63, 3.8) is 0 Å². The van der Waals surface area contributed by atoms with Crippen molar-refractivity contribution in [2.24, 2.45) is 0 Å². The first-order valence-electron chi connectivity index (χ1n) is 7.22. The van der Waals surface area contributed by atoms with Gasteiger partial charge in [-0.05, 0) is 27.2 Å². The SMILES string of the molecule is CCCCOC1CC2(C(=O)OCC)CC(C)(C)ON12. The van der Waals surface area contributed by atoms with E-state index in [0.717, 1.165) is 12.8 Å². The average molecular weight is 271 g/mol. The first kappa shape index (κ1) is 14.8. The Morgan fingerprint density at radius 3 is 2.79 bits per heavy atom. The minimum atomic E-state index is -0.629. The van der Waals surface area contributed by atoms with Gasteiger partial charge in [-0.1, -0.05) is 13.3 Å². The van der Waals surface area contributed by atoms with E-state index in [9.17, 15) is 4.79 Å². The quantitative estimate of drug-likeness (QED) is 0.548. The summed E-state index contributed by atoms with van der Waals surface area (Å²) in [6.45, 7) is 9.05. The molecule has 110 valence electrons. The number of nitrogens with zero attached hydrogens (tertiary/aromatic N) is 1. The molecule has 0 N–H and O–H groups in total. The van der Waals surface area contributed by atoms with Crippen molar-refractivity contribution in [2.45, 2.75) is 70.7 Å². The number of ether oxygens (including phenoxy) is 2. The number of hydrogen-bond acceptors (Lipinski definition) is 5. The van der Waals surface area contributed by atoms with E-state index in [-0.39, 0.29) is 17.8 Å². The van der Waals surface area contributed by atoms with Gasteiger partial charge in [-0.2, -0.15) is 0 Å².